The Balaban J connectivity index is 1.26. The van der Waals surface area contributed by atoms with E-state index >= 15 is 0 Å². The van der Waals surface area contributed by atoms with Gasteiger partial charge in [0.2, 0.25) is 11.8 Å². The maximum Gasteiger partial charge on any atom is 0.276 e. The zero-order valence-corrected chi connectivity index (χ0v) is 21.4. The van der Waals surface area contributed by atoms with Gasteiger partial charge in [-0.25, -0.2) is 22.9 Å². The number of carbonyl (C=O) groups excluding carboxylic acids is 2. The molecule has 0 radical (unpaired) electrons. The molecule has 0 bridgehead atoms. The summed E-state index contributed by atoms with van der Waals surface area (Å²) in [5, 5.41) is 18.2. The van der Waals surface area contributed by atoms with Crippen LogP contribution in [-0.4, -0.2) is 48.2 Å². The first-order chi connectivity index (χ1) is 18.1. The minimum Gasteiger partial charge on any atom is -0.351 e. The molecule has 0 aromatic carbocycles. The average molecular weight is 528 g/mol. The number of nitrogens with one attached hydrogen (secondary N) is 2. The molecule has 6 rings (SSSR count). The molecule has 1 saturated heterocycles. The van der Waals surface area contributed by atoms with Crippen LogP contribution in [0.3, 0.4) is 0 Å². The van der Waals surface area contributed by atoms with Gasteiger partial charge in [-0.05, 0) is 75.1 Å². The second-order valence-electron chi connectivity index (χ2n) is 11.7. The normalized spacial score (nSPS) is 23.9. The minimum atomic E-state index is -2.70. The van der Waals surface area contributed by atoms with Crippen molar-refractivity contribution in [2.24, 2.45) is 11.8 Å². The maximum absolute atomic E-state index is 14.0. The van der Waals surface area contributed by atoms with Crippen LogP contribution in [0.25, 0.3) is 5.65 Å². The number of nitrogens with zero attached hydrogens (tertiary/aromatic N) is 5. The molecule has 0 unspecified atom stereocenters. The van der Waals surface area contributed by atoms with Gasteiger partial charge in [-0.15, -0.1) is 0 Å². The highest BCUT2D eigenvalue weighted by molar-refractivity contribution is 5.93. The summed E-state index contributed by atoms with van der Waals surface area (Å²) in [6, 6.07) is 1.28. The van der Waals surface area contributed by atoms with Gasteiger partial charge in [0, 0.05) is 30.2 Å². The van der Waals surface area contributed by atoms with Crippen LogP contribution in [0.4, 0.5) is 8.78 Å². The van der Waals surface area contributed by atoms with Crippen molar-refractivity contribution < 1.29 is 23.0 Å². The van der Waals surface area contributed by atoms with Gasteiger partial charge in [0.05, 0.1) is 24.1 Å². The number of rotatable bonds is 7. The van der Waals surface area contributed by atoms with Gasteiger partial charge < -0.3 is 10.6 Å². The number of hydrogen-bond donors (Lipinski definition) is 2. The van der Waals surface area contributed by atoms with Crippen molar-refractivity contribution in [2.45, 2.75) is 88.6 Å². The van der Waals surface area contributed by atoms with Crippen LogP contribution in [0, 0.1) is 11.8 Å². The minimum absolute atomic E-state index is 0.0312. The smallest absolute Gasteiger partial charge is 0.276 e. The lowest BCUT2D eigenvalue weighted by Crippen LogP contribution is -2.37. The number of alkyl halides is 2. The zero-order chi connectivity index (χ0) is 26.7. The number of aromatic nitrogens is 5. The van der Waals surface area contributed by atoms with Crippen LogP contribution in [0.2, 0.25) is 0 Å². The van der Waals surface area contributed by atoms with Crippen LogP contribution < -0.4 is 10.6 Å². The first-order valence-electron chi connectivity index (χ1n) is 13.2. The number of carbonyl (C=O) groups is 2. The highest BCUT2D eigenvalue weighted by atomic mass is 19.3. The van der Waals surface area contributed by atoms with Gasteiger partial charge in [-0.3, -0.25) is 9.59 Å². The molecule has 202 valence electrons. The topological polar surface area (TPSA) is 127 Å². The largest absolute Gasteiger partial charge is 0.351 e. The molecule has 2 amide bonds. The number of imidazole rings is 1. The number of fused-ring (bicyclic) bond motifs is 1. The zero-order valence-electron chi connectivity index (χ0n) is 21.4. The number of amides is 2. The second-order valence-corrected chi connectivity index (χ2v) is 11.7. The molecule has 2 N–H and O–H groups in total. The van der Waals surface area contributed by atoms with Crippen LogP contribution >= 0.6 is 0 Å². The standard InChI is InChI=1S/C26H31F2N7O3/c1-25(2)11-17(23(36)32-25)9-14-10-19-30-18(13-35(19)29-12-14)20(16-5-7-26(27,28)8-6-16)31-24(37)22-21(15-3-4-15)33-38-34-22/h10,12-13,15-17,20H,3-9,11H2,1-2H3,(H,31,37)(H,32,36)/t17-,20+/m1/s1. The first kappa shape index (κ1) is 24.9. The van der Waals surface area contributed by atoms with E-state index < -0.39 is 17.9 Å². The lowest BCUT2D eigenvalue weighted by molar-refractivity contribution is -0.122. The van der Waals surface area contributed by atoms with Crippen molar-refractivity contribution in [1.29, 1.82) is 0 Å². The van der Waals surface area contributed by atoms with Crippen molar-refractivity contribution in [3.63, 3.8) is 0 Å². The molecule has 2 saturated carbocycles. The third-order valence-electron chi connectivity index (χ3n) is 8.00. The van der Waals surface area contributed by atoms with E-state index in [1.165, 1.54) is 0 Å². The monoisotopic (exact) mass is 527 g/mol. The Hall–Kier alpha value is -3.44. The van der Waals surface area contributed by atoms with Crippen molar-refractivity contribution in [2.75, 3.05) is 0 Å². The molecule has 1 aliphatic heterocycles. The Labute approximate surface area is 217 Å². The fourth-order valence-electron chi connectivity index (χ4n) is 5.86. The van der Waals surface area contributed by atoms with Gasteiger partial charge in [0.15, 0.2) is 11.3 Å². The summed E-state index contributed by atoms with van der Waals surface area (Å²) in [7, 11) is 0. The lowest BCUT2D eigenvalue weighted by Gasteiger charge is -2.33. The first-order valence-corrected chi connectivity index (χ1v) is 13.2. The van der Waals surface area contributed by atoms with E-state index in [4.69, 9.17) is 9.61 Å². The Kier molecular flexibility index (Phi) is 5.95. The van der Waals surface area contributed by atoms with Crippen molar-refractivity contribution >= 4 is 17.5 Å². The predicted octanol–water partition coefficient (Wildman–Crippen LogP) is 3.74. The molecule has 3 aromatic heterocycles. The van der Waals surface area contributed by atoms with E-state index in [1.54, 1.807) is 16.9 Å². The molecule has 12 heteroatoms. The van der Waals surface area contributed by atoms with E-state index in [1.807, 2.05) is 19.9 Å². The van der Waals surface area contributed by atoms with Crippen LogP contribution in [0.5, 0.6) is 0 Å². The van der Waals surface area contributed by atoms with Gasteiger partial charge in [-0.1, -0.05) is 5.16 Å². The predicted molar refractivity (Wildman–Crippen MR) is 130 cm³/mol. The summed E-state index contributed by atoms with van der Waals surface area (Å²) in [6.45, 7) is 4.01. The van der Waals surface area contributed by atoms with Gasteiger partial charge >= 0.3 is 0 Å². The molecule has 10 nitrogen and oxygen atoms in total. The fraction of sp³-hybridized carbons (Fsp3) is 0.615. The molecular weight excluding hydrogens is 496 g/mol. The van der Waals surface area contributed by atoms with Gasteiger partial charge in [0.25, 0.3) is 5.91 Å². The van der Waals surface area contributed by atoms with Crippen molar-refractivity contribution in [3.05, 3.63) is 41.1 Å². The summed E-state index contributed by atoms with van der Waals surface area (Å²) in [4.78, 5) is 30.4. The summed E-state index contributed by atoms with van der Waals surface area (Å²) < 4.78 is 34.4. The fourth-order valence-corrected chi connectivity index (χ4v) is 5.86. The van der Waals surface area contributed by atoms with Crippen molar-refractivity contribution in [1.82, 2.24) is 35.5 Å². The SMILES string of the molecule is CC1(C)C[C@@H](Cc2cnn3cc([C@@H](NC(=O)c4nonc4C4CC4)C4CCC(F)(F)CC4)nc3c2)C(=O)N1. The molecule has 3 fully saturated rings. The lowest BCUT2D eigenvalue weighted by atomic mass is 9.81. The van der Waals surface area contributed by atoms with E-state index in [0.29, 0.717) is 23.5 Å². The maximum atomic E-state index is 14.0. The Morgan fingerprint density at radius 2 is 2.00 bits per heavy atom. The molecule has 3 aliphatic rings. The second kappa shape index (κ2) is 9.09. The summed E-state index contributed by atoms with van der Waals surface area (Å²) in [5.41, 5.74) is 2.44. The quantitative estimate of drug-likeness (QED) is 0.479. The van der Waals surface area contributed by atoms with E-state index in [0.717, 1.165) is 24.8 Å². The third kappa shape index (κ3) is 5.00. The Bertz CT molecular complexity index is 1370. The third-order valence-corrected chi connectivity index (χ3v) is 8.00. The summed E-state index contributed by atoms with van der Waals surface area (Å²) in [5.74, 6) is -3.32. The summed E-state index contributed by atoms with van der Waals surface area (Å²) >= 11 is 0. The highest BCUT2D eigenvalue weighted by Crippen LogP contribution is 2.42. The number of halogens is 2. The average Bonchev–Trinajstić information content (AvgIpc) is 3.31. The van der Waals surface area contributed by atoms with E-state index in [-0.39, 0.29) is 60.6 Å². The Morgan fingerprint density at radius 3 is 2.68 bits per heavy atom. The Morgan fingerprint density at radius 1 is 1.24 bits per heavy atom. The molecule has 2 aliphatic carbocycles. The molecule has 0 spiro atoms. The number of hydrogen-bond acceptors (Lipinski definition) is 7. The highest BCUT2D eigenvalue weighted by Gasteiger charge is 2.41. The summed E-state index contributed by atoms with van der Waals surface area (Å²) in [6.07, 6.45) is 6.61. The molecule has 3 aromatic rings. The van der Waals surface area contributed by atoms with Crippen molar-refractivity contribution in [3.8, 4) is 0 Å². The van der Waals surface area contributed by atoms with Crippen LogP contribution in [0.1, 0.15) is 98.2 Å². The molecule has 2 atom stereocenters. The molecule has 38 heavy (non-hydrogen) atoms. The van der Waals surface area contributed by atoms with E-state index in [9.17, 15) is 18.4 Å². The van der Waals surface area contributed by atoms with Gasteiger partial charge in [0.1, 0.15) is 5.69 Å². The molecular formula is C26H31F2N7O3. The van der Waals surface area contributed by atoms with Crippen LogP contribution in [0.15, 0.2) is 23.1 Å². The van der Waals surface area contributed by atoms with Gasteiger partial charge in [-0.2, -0.15) is 5.10 Å². The van der Waals surface area contributed by atoms with E-state index in [2.05, 4.69) is 26.0 Å². The van der Waals surface area contributed by atoms with Crippen LogP contribution in [-0.2, 0) is 11.2 Å². The molecule has 4 heterocycles.